The molecule has 0 saturated carbocycles. The van der Waals surface area contributed by atoms with Crippen LogP contribution in [-0.2, 0) is 20.9 Å². The maximum Gasteiger partial charge on any atom is 0.282 e. The van der Waals surface area contributed by atoms with E-state index in [1.54, 1.807) is 0 Å². The molecular weight excluding hydrogens is 391 g/mol. The zero-order chi connectivity index (χ0) is 12.3. The molecule has 0 aliphatic carbocycles. The molecular formula is C4H4Cl7O2PS. The first kappa shape index (κ1) is 17.6. The Labute approximate surface area is 127 Å². The fraction of sp³-hybridized carbons (Fsp3) is 1.00. The summed E-state index contributed by atoms with van der Waals surface area (Å²) >= 11 is 42.9. The van der Waals surface area contributed by atoms with Crippen molar-refractivity contribution in [2.24, 2.45) is 0 Å². The second-order valence-corrected chi connectivity index (χ2v) is 12.0. The first-order chi connectivity index (χ1) is 6.41. The Bertz CT molecular complexity index is 226. The van der Waals surface area contributed by atoms with Crippen molar-refractivity contribution in [2.75, 3.05) is 13.2 Å². The van der Waals surface area contributed by atoms with Gasteiger partial charge >= 0.3 is 0 Å². The van der Waals surface area contributed by atoms with Crippen LogP contribution in [0.2, 0.25) is 0 Å². The smallest absolute Gasteiger partial charge is 0.282 e. The van der Waals surface area contributed by atoms with Gasteiger partial charge in [-0.1, -0.05) is 69.6 Å². The number of rotatable bonds is 4. The van der Waals surface area contributed by atoms with E-state index < -0.39 is 13.4 Å². The number of halogens is 7. The standard InChI is InChI=1S/C4H4Cl7O2PS/c5-3(6,7)1-12-14(11,15)13-2-4(8,9)10/h1-2H2. The quantitative estimate of drug-likeness (QED) is 0.480. The topological polar surface area (TPSA) is 18.5 Å². The van der Waals surface area contributed by atoms with Gasteiger partial charge in [-0.05, 0) is 23.0 Å². The zero-order valence-electron chi connectivity index (χ0n) is 6.73. The van der Waals surface area contributed by atoms with Crippen LogP contribution in [0.4, 0.5) is 0 Å². The highest BCUT2D eigenvalue weighted by atomic mass is 35.7. The van der Waals surface area contributed by atoms with Crippen LogP contribution in [0.3, 0.4) is 0 Å². The lowest BCUT2D eigenvalue weighted by molar-refractivity contribution is 0.266. The molecule has 0 fully saturated rings. The van der Waals surface area contributed by atoms with Crippen LogP contribution in [0.1, 0.15) is 0 Å². The molecule has 15 heavy (non-hydrogen) atoms. The predicted octanol–water partition coefficient (Wildman–Crippen LogP) is 5.22. The number of hydrogen-bond acceptors (Lipinski definition) is 3. The van der Waals surface area contributed by atoms with Gasteiger partial charge in [-0.3, -0.25) is 0 Å². The molecule has 0 aliphatic rings. The molecule has 0 aromatic heterocycles. The number of hydrogen-bond donors (Lipinski definition) is 0. The molecule has 0 atom stereocenters. The van der Waals surface area contributed by atoms with Crippen LogP contribution >= 0.6 is 86.7 Å². The fourth-order valence-electron chi connectivity index (χ4n) is 0.338. The van der Waals surface area contributed by atoms with Gasteiger partial charge in [-0.25, -0.2) is 0 Å². The van der Waals surface area contributed by atoms with Crippen molar-refractivity contribution in [1.29, 1.82) is 0 Å². The molecule has 0 rings (SSSR count). The van der Waals surface area contributed by atoms with E-state index in [1.165, 1.54) is 0 Å². The molecule has 0 N–H and O–H groups in total. The van der Waals surface area contributed by atoms with Gasteiger partial charge in [0.1, 0.15) is 13.2 Å². The molecule has 0 bridgehead atoms. The summed E-state index contributed by atoms with van der Waals surface area (Å²) in [6.45, 7) is -0.614. The lowest BCUT2D eigenvalue weighted by Gasteiger charge is -2.20. The normalized spacial score (nSPS) is 14.3. The van der Waals surface area contributed by atoms with Crippen molar-refractivity contribution < 1.29 is 9.05 Å². The summed E-state index contributed by atoms with van der Waals surface area (Å²) in [5.74, 6) is -3.09. The van der Waals surface area contributed by atoms with Crippen LogP contribution in [-0.4, -0.2) is 20.8 Å². The van der Waals surface area contributed by atoms with Gasteiger partial charge in [0.05, 0.1) is 0 Å². The molecule has 0 aliphatic heterocycles. The summed E-state index contributed by atoms with van der Waals surface area (Å²) in [5, 5.41) is 0. The molecule has 0 radical (unpaired) electrons. The lowest BCUT2D eigenvalue weighted by atomic mass is 10.9. The minimum atomic E-state index is -3.09. The molecule has 0 aromatic carbocycles. The fourth-order valence-corrected chi connectivity index (χ4v) is 2.50. The second-order valence-electron chi connectivity index (χ2n) is 2.21. The molecule has 0 unspecified atom stereocenters. The van der Waals surface area contributed by atoms with Crippen LogP contribution in [0, 0.1) is 0 Å². The Kier molecular flexibility index (Phi) is 7.83. The van der Waals surface area contributed by atoms with Crippen LogP contribution in [0.5, 0.6) is 0 Å². The first-order valence-electron chi connectivity index (χ1n) is 3.14. The summed E-state index contributed by atoms with van der Waals surface area (Å²) in [6.07, 6.45) is 0. The van der Waals surface area contributed by atoms with Gasteiger partial charge in [-0.2, -0.15) is 0 Å². The molecule has 0 amide bonds. The van der Waals surface area contributed by atoms with Gasteiger partial charge in [-0.15, -0.1) is 0 Å². The van der Waals surface area contributed by atoms with E-state index >= 15 is 0 Å². The summed E-state index contributed by atoms with van der Waals surface area (Å²) in [7, 11) is 0. The molecule has 11 heteroatoms. The van der Waals surface area contributed by atoms with E-state index in [4.69, 9.17) is 102 Å². The van der Waals surface area contributed by atoms with Crippen molar-refractivity contribution in [3.8, 4) is 0 Å². The molecule has 2 nitrogen and oxygen atoms in total. The monoisotopic (exact) mass is 392 g/mol. The molecule has 0 heterocycles. The van der Waals surface area contributed by atoms with Crippen molar-refractivity contribution in [2.45, 2.75) is 7.59 Å². The van der Waals surface area contributed by atoms with Gasteiger partial charge in [0.15, 0.2) is 0 Å². The van der Waals surface area contributed by atoms with Crippen LogP contribution in [0.25, 0.3) is 0 Å². The van der Waals surface area contributed by atoms with Crippen molar-refractivity contribution in [3.63, 3.8) is 0 Å². The highest BCUT2D eigenvalue weighted by Gasteiger charge is 2.29. The minimum absolute atomic E-state index is 0.307. The van der Waals surface area contributed by atoms with Gasteiger partial charge < -0.3 is 9.05 Å². The van der Waals surface area contributed by atoms with E-state index in [9.17, 15) is 0 Å². The van der Waals surface area contributed by atoms with E-state index in [2.05, 4.69) is 0 Å². The Morgan fingerprint density at radius 3 is 1.33 bits per heavy atom. The summed E-state index contributed by atoms with van der Waals surface area (Å²) in [4.78, 5) is 0. The highest BCUT2D eigenvalue weighted by Crippen LogP contribution is 2.56. The Morgan fingerprint density at radius 2 is 1.13 bits per heavy atom. The van der Waals surface area contributed by atoms with Crippen molar-refractivity contribution >= 4 is 98.5 Å². The molecule has 0 saturated heterocycles. The van der Waals surface area contributed by atoms with E-state index in [0.717, 1.165) is 0 Å². The summed E-state index contributed by atoms with van der Waals surface area (Å²) < 4.78 is 6.53. The predicted molar refractivity (Wildman–Crippen MR) is 72.6 cm³/mol. The van der Waals surface area contributed by atoms with Crippen molar-refractivity contribution in [3.05, 3.63) is 0 Å². The maximum atomic E-state index is 5.68. The Hall–Kier alpha value is 2.60. The molecule has 0 spiro atoms. The lowest BCUT2D eigenvalue weighted by Crippen LogP contribution is -2.14. The minimum Gasteiger partial charge on any atom is -0.313 e. The van der Waals surface area contributed by atoms with Gasteiger partial charge in [0, 0.05) is 0 Å². The molecule has 0 aromatic rings. The molecule has 92 valence electrons. The second kappa shape index (κ2) is 6.68. The van der Waals surface area contributed by atoms with Crippen LogP contribution < -0.4 is 0 Å². The van der Waals surface area contributed by atoms with Crippen molar-refractivity contribution in [1.82, 2.24) is 0 Å². The van der Waals surface area contributed by atoms with Gasteiger partial charge in [0.2, 0.25) is 7.59 Å². The van der Waals surface area contributed by atoms with E-state index in [-0.39, 0.29) is 13.2 Å². The largest absolute Gasteiger partial charge is 0.313 e. The number of alkyl halides is 6. The SMILES string of the molecule is S=P(Cl)(OCC(Cl)(Cl)Cl)OCC(Cl)(Cl)Cl. The Balaban J connectivity index is 4.04. The third-order valence-corrected chi connectivity index (χ3v) is 3.51. The summed E-state index contributed by atoms with van der Waals surface area (Å²) in [5.41, 5.74) is 0. The Morgan fingerprint density at radius 1 is 0.867 bits per heavy atom. The third kappa shape index (κ3) is 12.8. The van der Waals surface area contributed by atoms with E-state index in [1.807, 2.05) is 0 Å². The first-order valence-corrected chi connectivity index (χ1v) is 8.95. The van der Waals surface area contributed by atoms with E-state index in [0.29, 0.717) is 0 Å². The average Bonchev–Trinajstić information content (AvgIpc) is 1.96. The van der Waals surface area contributed by atoms with Crippen LogP contribution in [0.15, 0.2) is 0 Å². The summed E-state index contributed by atoms with van der Waals surface area (Å²) in [6, 6.07) is 0. The zero-order valence-corrected chi connectivity index (χ0v) is 13.7. The maximum absolute atomic E-state index is 5.68. The average molecular weight is 395 g/mol. The van der Waals surface area contributed by atoms with Gasteiger partial charge in [0.25, 0.3) is 5.84 Å². The third-order valence-electron chi connectivity index (χ3n) is 0.765. The highest BCUT2D eigenvalue weighted by molar-refractivity contribution is 8.22.